The fraction of sp³-hybridized carbons (Fsp3) is 0.381. The molecule has 0 spiro atoms. The lowest BCUT2D eigenvalue weighted by molar-refractivity contribution is -0.277. The second-order valence-electron chi connectivity index (χ2n) is 7.06. The Morgan fingerprint density at radius 1 is 1.13 bits per heavy atom. The van der Waals surface area contributed by atoms with Crippen LogP contribution >= 0.6 is 0 Å². The van der Waals surface area contributed by atoms with Crippen LogP contribution in [-0.4, -0.2) is 63.6 Å². The number of carbonyl (C=O) groups excluding carboxylic acids is 1. The van der Waals surface area contributed by atoms with Crippen molar-refractivity contribution in [3.8, 4) is 5.75 Å². The van der Waals surface area contributed by atoms with Crippen LogP contribution in [0, 0.1) is 5.82 Å². The average Bonchev–Trinajstić information content (AvgIpc) is 2.75. The molecular formula is C21H24FNO7. The molecule has 5 unspecified atom stereocenters. The number of nitrogens with one attached hydrogen (secondary N) is 1. The van der Waals surface area contributed by atoms with Crippen LogP contribution in [0.5, 0.6) is 5.75 Å². The molecule has 1 aliphatic heterocycles. The van der Waals surface area contributed by atoms with E-state index in [1.165, 1.54) is 6.07 Å². The van der Waals surface area contributed by atoms with Crippen LogP contribution < -0.4 is 10.1 Å². The zero-order valence-corrected chi connectivity index (χ0v) is 16.2. The van der Waals surface area contributed by atoms with E-state index in [-0.39, 0.29) is 17.4 Å². The van der Waals surface area contributed by atoms with Crippen molar-refractivity contribution in [3.05, 3.63) is 65.5 Å². The predicted octanol–water partition coefficient (Wildman–Crippen LogP) is 0.495. The Hall–Kier alpha value is -2.56. The Morgan fingerprint density at radius 3 is 2.50 bits per heavy atom. The highest BCUT2D eigenvalue weighted by Crippen LogP contribution is 2.27. The van der Waals surface area contributed by atoms with Gasteiger partial charge in [-0.25, -0.2) is 4.39 Å². The number of halogens is 1. The first-order valence-corrected chi connectivity index (χ1v) is 9.44. The monoisotopic (exact) mass is 421 g/mol. The highest BCUT2D eigenvalue weighted by Gasteiger charge is 2.45. The van der Waals surface area contributed by atoms with Gasteiger partial charge < -0.3 is 35.2 Å². The molecule has 1 aliphatic rings. The van der Waals surface area contributed by atoms with Gasteiger partial charge in [0.05, 0.1) is 18.2 Å². The SMILES string of the molecule is C[C@H](NC(=O)c1cc(F)ccc1OC1OC(CO)C(O)C(O)C1O)c1ccccc1. The van der Waals surface area contributed by atoms with Crippen molar-refractivity contribution < 1.29 is 39.1 Å². The molecule has 0 aliphatic carbocycles. The van der Waals surface area contributed by atoms with Crippen LogP contribution in [0.3, 0.4) is 0 Å². The van der Waals surface area contributed by atoms with Gasteiger partial charge in [0.1, 0.15) is 36.0 Å². The average molecular weight is 421 g/mol. The number of amides is 1. The second kappa shape index (κ2) is 9.50. The summed E-state index contributed by atoms with van der Waals surface area (Å²) >= 11 is 0. The molecule has 2 aromatic rings. The van der Waals surface area contributed by atoms with Crippen molar-refractivity contribution in [3.63, 3.8) is 0 Å². The largest absolute Gasteiger partial charge is 0.461 e. The van der Waals surface area contributed by atoms with Gasteiger partial charge in [-0.05, 0) is 30.7 Å². The number of aliphatic hydroxyl groups excluding tert-OH is 4. The number of benzene rings is 2. The molecule has 1 heterocycles. The first kappa shape index (κ1) is 22.1. The molecule has 1 amide bonds. The molecule has 0 bridgehead atoms. The first-order chi connectivity index (χ1) is 14.3. The van der Waals surface area contributed by atoms with Crippen molar-refractivity contribution in [1.82, 2.24) is 5.32 Å². The molecule has 0 aromatic heterocycles. The molecule has 0 radical (unpaired) electrons. The number of carbonyl (C=O) groups is 1. The Bertz CT molecular complexity index is 864. The molecule has 1 saturated heterocycles. The van der Waals surface area contributed by atoms with Gasteiger partial charge in [-0.3, -0.25) is 4.79 Å². The van der Waals surface area contributed by atoms with Crippen LogP contribution in [0.15, 0.2) is 48.5 Å². The van der Waals surface area contributed by atoms with E-state index in [9.17, 15) is 29.6 Å². The Kier molecular flexibility index (Phi) is 7.01. The maximum Gasteiger partial charge on any atom is 0.255 e. The summed E-state index contributed by atoms with van der Waals surface area (Å²) in [6.45, 7) is 1.14. The molecule has 9 heteroatoms. The lowest BCUT2D eigenvalue weighted by Crippen LogP contribution is -2.60. The van der Waals surface area contributed by atoms with Gasteiger partial charge >= 0.3 is 0 Å². The molecule has 3 rings (SSSR count). The van der Waals surface area contributed by atoms with E-state index in [1.807, 2.05) is 30.3 Å². The van der Waals surface area contributed by atoms with Crippen molar-refractivity contribution >= 4 is 5.91 Å². The number of hydrogen-bond donors (Lipinski definition) is 5. The number of hydrogen-bond acceptors (Lipinski definition) is 7. The lowest BCUT2D eigenvalue weighted by atomic mass is 9.99. The van der Waals surface area contributed by atoms with Crippen molar-refractivity contribution in [2.75, 3.05) is 6.61 Å². The summed E-state index contributed by atoms with van der Waals surface area (Å²) in [5.74, 6) is -1.39. The summed E-state index contributed by atoms with van der Waals surface area (Å²) in [6.07, 6.45) is -7.52. The van der Waals surface area contributed by atoms with Crippen molar-refractivity contribution in [1.29, 1.82) is 0 Å². The lowest BCUT2D eigenvalue weighted by Gasteiger charge is -2.39. The van der Waals surface area contributed by atoms with E-state index in [1.54, 1.807) is 6.92 Å². The Balaban J connectivity index is 1.80. The second-order valence-corrected chi connectivity index (χ2v) is 7.06. The summed E-state index contributed by atoms with van der Waals surface area (Å²) in [4.78, 5) is 12.8. The predicted molar refractivity (Wildman–Crippen MR) is 103 cm³/mol. The topological polar surface area (TPSA) is 128 Å². The minimum absolute atomic E-state index is 0.0986. The fourth-order valence-electron chi connectivity index (χ4n) is 3.17. The minimum atomic E-state index is -1.66. The fourth-order valence-corrected chi connectivity index (χ4v) is 3.17. The van der Waals surface area contributed by atoms with E-state index in [2.05, 4.69) is 5.32 Å². The molecule has 5 N–H and O–H groups in total. The van der Waals surface area contributed by atoms with Gasteiger partial charge in [0.15, 0.2) is 0 Å². The molecule has 162 valence electrons. The summed E-state index contributed by atoms with van der Waals surface area (Å²) in [7, 11) is 0. The van der Waals surface area contributed by atoms with Gasteiger partial charge in [0.2, 0.25) is 6.29 Å². The highest BCUT2D eigenvalue weighted by molar-refractivity contribution is 5.97. The number of rotatable bonds is 6. The zero-order chi connectivity index (χ0) is 21.8. The number of ether oxygens (including phenoxy) is 2. The molecule has 0 saturated carbocycles. The minimum Gasteiger partial charge on any atom is -0.461 e. The smallest absolute Gasteiger partial charge is 0.255 e. The number of aliphatic hydroxyl groups is 4. The van der Waals surface area contributed by atoms with E-state index < -0.39 is 49.0 Å². The molecule has 2 aromatic carbocycles. The standard InChI is InChI=1S/C21H24FNO7/c1-11(12-5-3-2-4-6-12)23-20(28)14-9-13(22)7-8-15(14)29-21-19(27)18(26)17(25)16(10-24)30-21/h2-9,11,16-19,21,24-27H,10H2,1H3,(H,23,28)/t11-,16?,17?,18?,19?,21?/m0/s1. The van der Waals surface area contributed by atoms with Gasteiger partial charge in [0.25, 0.3) is 5.91 Å². The van der Waals surface area contributed by atoms with Crippen LogP contribution in [0.2, 0.25) is 0 Å². The third kappa shape index (κ3) is 4.77. The van der Waals surface area contributed by atoms with Crippen LogP contribution in [0.1, 0.15) is 28.9 Å². The highest BCUT2D eigenvalue weighted by atomic mass is 19.1. The van der Waals surface area contributed by atoms with E-state index in [4.69, 9.17) is 9.47 Å². The van der Waals surface area contributed by atoms with Gasteiger partial charge in [0, 0.05) is 0 Å². The maximum atomic E-state index is 13.8. The van der Waals surface area contributed by atoms with Gasteiger partial charge in [-0.15, -0.1) is 0 Å². The molecule has 30 heavy (non-hydrogen) atoms. The van der Waals surface area contributed by atoms with E-state index in [0.29, 0.717) is 0 Å². The van der Waals surface area contributed by atoms with Crippen LogP contribution in [0.25, 0.3) is 0 Å². The molecule has 8 nitrogen and oxygen atoms in total. The Labute approximate surface area is 172 Å². The molecule has 1 fully saturated rings. The van der Waals surface area contributed by atoms with Crippen molar-refractivity contribution in [2.45, 2.75) is 43.7 Å². The zero-order valence-electron chi connectivity index (χ0n) is 16.2. The van der Waals surface area contributed by atoms with E-state index in [0.717, 1.165) is 17.7 Å². The Morgan fingerprint density at radius 2 is 1.83 bits per heavy atom. The summed E-state index contributed by atoms with van der Waals surface area (Å²) in [5, 5.41) is 41.9. The summed E-state index contributed by atoms with van der Waals surface area (Å²) < 4.78 is 24.7. The molecule has 6 atom stereocenters. The third-order valence-electron chi connectivity index (χ3n) is 4.92. The first-order valence-electron chi connectivity index (χ1n) is 9.44. The summed E-state index contributed by atoms with van der Waals surface area (Å²) in [6, 6.07) is 12.0. The van der Waals surface area contributed by atoms with Crippen LogP contribution in [0.4, 0.5) is 4.39 Å². The molecular weight excluding hydrogens is 397 g/mol. The maximum absolute atomic E-state index is 13.8. The van der Waals surface area contributed by atoms with Gasteiger partial charge in [-0.1, -0.05) is 30.3 Å². The quantitative estimate of drug-likeness (QED) is 0.459. The normalized spacial score (nSPS) is 27.3. The van der Waals surface area contributed by atoms with Gasteiger partial charge in [-0.2, -0.15) is 0 Å². The summed E-state index contributed by atoms with van der Waals surface area (Å²) in [5.41, 5.74) is 0.702. The van der Waals surface area contributed by atoms with E-state index >= 15 is 0 Å². The van der Waals surface area contributed by atoms with Crippen LogP contribution in [-0.2, 0) is 4.74 Å². The third-order valence-corrected chi connectivity index (χ3v) is 4.92. The van der Waals surface area contributed by atoms with Crippen molar-refractivity contribution in [2.24, 2.45) is 0 Å².